The molecule has 0 saturated carbocycles. The molecular weight excluding hydrogens is 268 g/mol. The Morgan fingerprint density at radius 2 is 1.81 bits per heavy atom. The van der Waals surface area contributed by atoms with Gasteiger partial charge in [0, 0.05) is 5.69 Å². The maximum atomic E-state index is 11.4. The number of nitrogens with two attached hydrogens (primary N) is 1. The molecule has 3 N–H and O–H groups in total. The van der Waals surface area contributed by atoms with Gasteiger partial charge in [-0.15, -0.1) is 0 Å². The van der Waals surface area contributed by atoms with Crippen LogP contribution in [0.4, 0.5) is 5.69 Å². The first kappa shape index (κ1) is 12.2. The quantitative estimate of drug-likeness (QED) is 0.883. The number of ether oxygens (including phenoxy) is 2. The van der Waals surface area contributed by atoms with Crippen molar-refractivity contribution < 1.29 is 14.3 Å². The number of carbonyl (C=O) groups excluding carboxylic acids is 1. The van der Waals surface area contributed by atoms with Crippen molar-refractivity contribution in [3.63, 3.8) is 0 Å². The summed E-state index contributed by atoms with van der Waals surface area (Å²) in [5.74, 6) is 1.49. The minimum Gasteiger partial charge on any atom is -0.454 e. The van der Waals surface area contributed by atoms with E-state index in [0.717, 1.165) is 33.9 Å². The van der Waals surface area contributed by atoms with Gasteiger partial charge in [0.15, 0.2) is 11.5 Å². The van der Waals surface area contributed by atoms with E-state index in [4.69, 9.17) is 15.2 Å². The molecule has 0 aromatic heterocycles. The fourth-order valence-electron chi connectivity index (χ4n) is 2.74. The lowest BCUT2D eigenvalue weighted by Crippen LogP contribution is -2.12. The third kappa shape index (κ3) is 2.02. The molecule has 0 spiro atoms. The molecule has 5 nitrogen and oxygen atoms in total. The van der Waals surface area contributed by atoms with Crippen LogP contribution in [-0.2, 0) is 11.2 Å². The molecule has 0 bridgehead atoms. The Morgan fingerprint density at radius 3 is 2.71 bits per heavy atom. The lowest BCUT2D eigenvalue weighted by atomic mass is 9.97. The summed E-state index contributed by atoms with van der Waals surface area (Å²) in [4.78, 5) is 11.4. The van der Waals surface area contributed by atoms with Crippen LogP contribution < -0.4 is 20.5 Å². The van der Waals surface area contributed by atoms with Gasteiger partial charge in [0.25, 0.3) is 0 Å². The van der Waals surface area contributed by atoms with E-state index in [9.17, 15) is 4.79 Å². The first-order valence-corrected chi connectivity index (χ1v) is 6.78. The third-order valence-corrected chi connectivity index (χ3v) is 3.87. The molecule has 0 radical (unpaired) electrons. The first-order valence-electron chi connectivity index (χ1n) is 6.78. The van der Waals surface area contributed by atoms with Gasteiger partial charge in [-0.25, -0.2) is 0 Å². The molecular formula is C16H14N2O3. The molecule has 106 valence electrons. The number of carbonyl (C=O) groups is 1. The number of hydrogen-bond acceptors (Lipinski definition) is 4. The van der Waals surface area contributed by atoms with Gasteiger partial charge >= 0.3 is 0 Å². The first-order chi connectivity index (χ1) is 10.2. The third-order valence-electron chi connectivity index (χ3n) is 3.87. The molecule has 1 atom stereocenters. The molecule has 4 rings (SSSR count). The molecule has 2 aliphatic heterocycles. The molecule has 2 aromatic rings. The summed E-state index contributed by atoms with van der Waals surface area (Å²) in [5, 5.41) is 2.82. The van der Waals surface area contributed by atoms with Gasteiger partial charge in [-0.2, -0.15) is 0 Å². The molecule has 2 aromatic carbocycles. The monoisotopic (exact) mass is 282 g/mol. The minimum atomic E-state index is -0.263. The van der Waals surface area contributed by atoms with Gasteiger partial charge in [-0.1, -0.05) is 18.2 Å². The van der Waals surface area contributed by atoms with Gasteiger partial charge < -0.3 is 20.5 Å². The zero-order valence-corrected chi connectivity index (χ0v) is 11.3. The molecule has 5 heteroatoms. The van der Waals surface area contributed by atoms with Crippen molar-refractivity contribution in [2.45, 2.75) is 12.5 Å². The molecule has 0 saturated heterocycles. The van der Waals surface area contributed by atoms with Gasteiger partial charge in [-0.05, 0) is 34.9 Å². The SMILES string of the molecule is NC(c1ccc2c(c1)CC(=O)N2)c1ccc2c(c1)OCO2. The van der Waals surface area contributed by atoms with Crippen molar-refractivity contribution in [3.05, 3.63) is 53.1 Å². The average molecular weight is 282 g/mol. The van der Waals surface area contributed by atoms with Gasteiger partial charge in [0.1, 0.15) is 0 Å². The van der Waals surface area contributed by atoms with Crippen LogP contribution in [0, 0.1) is 0 Å². The second kappa shape index (κ2) is 4.49. The van der Waals surface area contributed by atoms with E-state index in [2.05, 4.69) is 5.32 Å². The number of anilines is 1. The second-order valence-corrected chi connectivity index (χ2v) is 5.23. The topological polar surface area (TPSA) is 73.6 Å². The summed E-state index contributed by atoms with van der Waals surface area (Å²) >= 11 is 0. The molecule has 2 heterocycles. The molecule has 1 unspecified atom stereocenters. The Kier molecular flexibility index (Phi) is 2.62. The Labute approximate surface area is 121 Å². The van der Waals surface area contributed by atoms with Crippen molar-refractivity contribution in [3.8, 4) is 11.5 Å². The second-order valence-electron chi connectivity index (χ2n) is 5.23. The highest BCUT2D eigenvalue weighted by atomic mass is 16.7. The van der Waals surface area contributed by atoms with E-state index >= 15 is 0 Å². The standard InChI is InChI=1S/C16H14N2O3/c17-16(10-2-4-13-14(6-10)21-8-20-13)9-1-3-12-11(5-9)7-15(19)18-12/h1-6,16H,7-8,17H2,(H,18,19). The molecule has 21 heavy (non-hydrogen) atoms. The van der Waals surface area contributed by atoms with E-state index in [0.29, 0.717) is 6.42 Å². The predicted octanol–water partition coefficient (Wildman–Crippen LogP) is 1.96. The number of nitrogens with one attached hydrogen (secondary N) is 1. The summed E-state index contributed by atoms with van der Waals surface area (Å²) in [5.41, 5.74) is 10.1. The molecule has 0 fully saturated rings. The van der Waals surface area contributed by atoms with Crippen molar-refractivity contribution >= 4 is 11.6 Å². The number of benzene rings is 2. The Hall–Kier alpha value is -2.53. The van der Waals surface area contributed by atoms with Crippen LogP contribution >= 0.6 is 0 Å². The fourth-order valence-corrected chi connectivity index (χ4v) is 2.74. The van der Waals surface area contributed by atoms with Gasteiger partial charge in [0.2, 0.25) is 12.7 Å². The summed E-state index contributed by atoms with van der Waals surface area (Å²) in [6.45, 7) is 0.251. The number of fused-ring (bicyclic) bond motifs is 2. The van der Waals surface area contributed by atoms with Crippen LogP contribution in [0.2, 0.25) is 0 Å². The van der Waals surface area contributed by atoms with Crippen LogP contribution in [0.25, 0.3) is 0 Å². The summed E-state index contributed by atoms with van der Waals surface area (Å²) < 4.78 is 10.7. The molecule has 0 aliphatic carbocycles. The molecule has 2 aliphatic rings. The van der Waals surface area contributed by atoms with E-state index in [1.165, 1.54) is 0 Å². The van der Waals surface area contributed by atoms with Crippen LogP contribution in [0.1, 0.15) is 22.7 Å². The van der Waals surface area contributed by atoms with Crippen molar-refractivity contribution in [2.24, 2.45) is 5.73 Å². The highest BCUT2D eigenvalue weighted by Crippen LogP contribution is 2.35. The maximum Gasteiger partial charge on any atom is 0.231 e. The lowest BCUT2D eigenvalue weighted by Gasteiger charge is -2.14. The van der Waals surface area contributed by atoms with Gasteiger partial charge in [0.05, 0.1) is 12.5 Å². The average Bonchev–Trinajstić information content (AvgIpc) is 3.09. The Morgan fingerprint density at radius 1 is 1.05 bits per heavy atom. The zero-order valence-electron chi connectivity index (χ0n) is 11.3. The van der Waals surface area contributed by atoms with E-state index in [1.54, 1.807) is 0 Å². The van der Waals surface area contributed by atoms with Crippen molar-refractivity contribution in [2.75, 3.05) is 12.1 Å². The lowest BCUT2D eigenvalue weighted by molar-refractivity contribution is -0.115. The highest BCUT2D eigenvalue weighted by Gasteiger charge is 2.21. The van der Waals surface area contributed by atoms with Crippen LogP contribution in [-0.4, -0.2) is 12.7 Å². The van der Waals surface area contributed by atoms with E-state index in [-0.39, 0.29) is 18.7 Å². The van der Waals surface area contributed by atoms with Crippen LogP contribution in [0.15, 0.2) is 36.4 Å². The van der Waals surface area contributed by atoms with Crippen LogP contribution in [0.5, 0.6) is 11.5 Å². The van der Waals surface area contributed by atoms with Gasteiger partial charge in [-0.3, -0.25) is 4.79 Å². The number of hydrogen-bond donors (Lipinski definition) is 2. The molecule has 1 amide bonds. The van der Waals surface area contributed by atoms with Crippen molar-refractivity contribution in [1.29, 1.82) is 0 Å². The predicted molar refractivity (Wildman–Crippen MR) is 77.4 cm³/mol. The summed E-state index contributed by atoms with van der Waals surface area (Å²) in [6.07, 6.45) is 0.414. The number of rotatable bonds is 2. The van der Waals surface area contributed by atoms with E-state index in [1.807, 2.05) is 36.4 Å². The number of amides is 1. The largest absolute Gasteiger partial charge is 0.454 e. The Balaban J connectivity index is 1.67. The smallest absolute Gasteiger partial charge is 0.231 e. The Bertz CT molecular complexity index is 742. The highest BCUT2D eigenvalue weighted by molar-refractivity contribution is 5.99. The van der Waals surface area contributed by atoms with E-state index < -0.39 is 0 Å². The fraction of sp³-hybridized carbons (Fsp3) is 0.188. The summed E-state index contributed by atoms with van der Waals surface area (Å²) in [7, 11) is 0. The zero-order chi connectivity index (χ0) is 14.4. The normalized spacial score (nSPS) is 16.5. The maximum absolute atomic E-state index is 11.4. The summed E-state index contributed by atoms with van der Waals surface area (Å²) in [6, 6.07) is 11.3. The van der Waals surface area contributed by atoms with Crippen LogP contribution in [0.3, 0.4) is 0 Å². The minimum absolute atomic E-state index is 0.0267. The van der Waals surface area contributed by atoms with Crippen molar-refractivity contribution in [1.82, 2.24) is 0 Å².